The molecule has 188 valence electrons. The van der Waals surface area contributed by atoms with E-state index in [9.17, 15) is 9.59 Å². The van der Waals surface area contributed by atoms with E-state index in [1.165, 1.54) is 0 Å². The topological polar surface area (TPSA) is 57.6 Å². The van der Waals surface area contributed by atoms with E-state index >= 15 is 0 Å². The van der Waals surface area contributed by atoms with E-state index in [4.69, 9.17) is 11.6 Å². The first-order chi connectivity index (χ1) is 17.9. The van der Waals surface area contributed by atoms with Crippen molar-refractivity contribution in [2.24, 2.45) is 0 Å². The number of halogens is 2. The van der Waals surface area contributed by atoms with E-state index in [1.54, 1.807) is 4.90 Å². The summed E-state index contributed by atoms with van der Waals surface area (Å²) in [6.07, 6.45) is 0. The van der Waals surface area contributed by atoms with Crippen LogP contribution < -0.4 is 5.32 Å². The minimum absolute atomic E-state index is 0.0486. The van der Waals surface area contributed by atoms with E-state index in [0.717, 1.165) is 32.8 Å². The average Bonchev–Trinajstić information content (AvgIpc) is 3.26. The highest BCUT2D eigenvalue weighted by atomic mass is 79.9. The molecule has 5 rings (SSSR count). The molecule has 3 aromatic carbocycles. The van der Waals surface area contributed by atoms with Crippen LogP contribution >= 0.6 is 27.5 Å². The van der Waals surface area contributed by atoms with E-state index in [2.05, 4.69) is 21.2 Å². The van der Waals surface area contributed by atoms with Crippen LogP contribution in [0.15, 0.2) is 89.4 Å². The maximum absolute atomic E-state index is 13.7. The molecule has 2 heterocycles. The quantitative estimate of drug-likeness (QED) is 0.288. The van der Waals surface area contributed by atoms with E-state index in [0.29, 0.717) is 36.8 Å². The SMILES string of the molecule is Cc1c(C(=O)N2CCN(C(=O)Nc3cccc(Br)c3)CC2)cc(-c2ccccc2)n1-c1ccccc1Cl. The summed E-state index contributed by atoms with van der Waals surface area (Å²) < 4.78 is 2.95. The zero-order valence-corrected chi connectivity index (χ0v) is 22.7. The van der Waals surface area contributed by atoms with Gasteiger partial charge in [0.2, 0.25) is 0 Å². The fourth-order valence-corrected chi connectivity index (χ4v) is 5.26. The Kier molecular flexibility index (Phi) is 7.35. The van der Waals surface area contributed by atoms with Crippen molar-refractivity contribution in [3.05, 3.63) is 106 Å². The van der Waals surface area contributed by atoms with Gasteiger partial charge in [-0.15, -0.1) is 0 Å². The fraction of sp³-hybridized carbons (Fsp3) is 0.172. The molecule has 1 aliphatic rings. The van der Waals surface area contributed by atoms with Crippen molar-refractivity contribution in [3.63, 3.8) is 0 Å². The van der Waals surface area contributed by atoms with Crippen LogP contribution in [-0.2, 0) is 0 Å². The molecular formula is C29H26BrClN4O2. The fourth-order valence-electron chi connectivity index (χ4n) is 4.64. The number of hydrogen-bond donors (Lipinski definition) is 1. The summed E-state index contributed by atoms with van der Waals surface area (Å²) in [6, 6.07) is 26.9. The molecule has 8 heteroatoms. The number of urea groups is 1. The normalized spacial score (nSPS) is 13.5. The first-order valence-electron chi connectivity index (χ1n) is 12.1. The molecule has 3 amide bonds. The van der Waals surface area contributed by atoms with Gasteiger partial charge in [-0.2, -0.15) is 0 Å². The third-order valence-electron chi connectivity index (χ3n) is 6.57. The lowest BCUT2D eigenvalue weighted by atomic mass is 10.1. The Morgan fingerprint density at radius 2 is 1.51 bits per heavy atom. The summed E-state index contributed by atoms with van der Waals surface area (Å²) in [4.78, 5) is 30.0. The Balaban J connectivity index is 1.37. The van der Waals surface area contributed by atoms with Gasteiger partial charge in [-0.1, -0.05) is 76.1 Å². The smallest absolute Gasteiger partial charge is 0.321 e. The minimum atomic E-state index is -0.169. The van der Waals surface area contributed by atoms with Crippen LogP contribution in [0.1, 0.15) is 16.1 Å². The van der Waals surface area contributed by atoms with Crippen molar-refractivity contribution in [2.75, 3.05) is 31.5 Å². The number of carbonyl (C=O) groups excluding carboxylic acids is 2. The number of benzene rings is 3. The largest absolute Gasteiger partial charge is 0.335 e. The number of para-hydroxylation sites is 1. The van der Waals surface area contributed by atoms with Crippen LogP contribution in [0.5, 0.6) is 0 Å². The number of carbonyl (C=O) groups is 2. The average molecular weight is 578 g/mol. The first-order valence-corrected chi connectivity index (χ1v) is 13.2. The highest BCUT2D eigenvalue weighted by Crippen LogP contribution is 2.33. The van der Waals surface area contributed by atoms with Crippen molar-refractivity contribution in [1.82, 2.24) is 14.4 Å². The van der Waals surface area contributed by atoms with Gasteiger partial charge in [0.1, 0.15) is 0 Å². The summed E-state index contributed by atoms with van der Waals surface area (Å²) in [6.45, 7) is 3.79. The van der Waals surface area contributed by atoms with Crippen LogP contribution in [0.2, 0.25) is 5.02 Å². The molecule has 0 unspecified atom stereocenters. The summed E-state index contributed by atoms with van der Waals surface area (Å²) in [5.74, 6) is -0.0486. The lowest BCUT2D eigenvalue weighted by Crippen LogP contribution is -2.51. The van der Waals surface area contributed by atoms with Crippen LogP contribution in [0.25, 0.3) is 16.9 Å². The van der Waals surface area contributed by atoms with Crippen LogP contribution in [0, 0.1) is 6.92 Å². The molecule has 0 aliphatic carbocycles. The summed E-state index contributed by atoms with van der Waals surface area (Å²) in [7, 11) is 0. The maximum Gasteiger partial charge on any atom is 0.321 e. The van der Waals surface area contributed by atoms with Crippen molar-refractivity contribution in [1.29, 1.82) is 0 Å². The highest BCUT2D eigenvalue weighted by molar-refractivity contribution is 9.10. The zero-order chi connectivity index (χ0) is 25.9. The van der Waals surface area contributed by atoms with E-state index < -0.39 is 0 Å². The van der Waals surface area contributed by atoms with Crippen LogP contribution in [-0.4, -0.2) is 52.5 Å². The Labute approximate surface area is 229 Å². The van der Waals surface area contributed by atoms with Gasteiger partial charge in [0, 0.05) is 42.0 Å². The first kappa shape index (κ1) is 25.1. The Bertz CT molecular complexity index is 1450. The lowest BCUT2D eigenvalue weighted by molar-refractivity contribution is 0.0671. The highest BCUT2D eigenvalue weighted by Gasteiger charge is 2.28. The molecule has 0 saturated carbocycles. The van der Waals surface area contributed by atoms with Gasteiger partial charge >= 0.3 is 6.03 Å². The molecule has 0 spiro atoms. The predicted octanol–water partition coefficient (Wildman–Crippen LogP) is 6.86. The molecular weight excluding hydrogens is 552 g/mol. The van der Waals surface area contributed by atoms with Gasteiger partial charge in [-0.05, 0) is 48.9 Å². The Hall–Kier alpha value is -3.55. The van der Waals surface area contributed by atoms with Crippen LogP contribution in [0.3, 0.4) is 0 Å². The molecule has 0 atom stereocenters. The molecule has 1 N–H and O–H groups in total. The van der Waals surface area contributed by atoms with Gasteiger partial charge in [-0.3, -0.25) is 4.79 Å². The molecule has 1 saturated heterocycles. The number of amides is 3. The van der Waals surface area contributed by atoms with Gasteiger partial charge in [-0.25, -0.2) is 4.79 Å². The molecule has 4 aromatic rings. The van der Waals surface area contributed by atoms with Crippen molar-refractivity contribution in [2.45, 2.75) is 6.92 Å². The Morgan fingerprint density at radius 3 is 2.22 bits per heavy atom. The third kappa shape index (κ3) is 5.29. The second-order valence-corrected chi connectivity index (χ2v) is 10.2. The molecule has 1 fully saturated rings. The molecule has 0 bridgehead atoms. The molecule has 1 aromatic heterocycles. The van der Waals surface area contributed by atoms with Crippen molar-refractivity contribution < 1.29 is 9.59 Å². The van der Waals surface area contributed by atoms with Gasteiger partial charge in [0.15, 0.2) is 0 Å². The summed E-state index contributed by atoms with van der Waals surface area (Å²) >= 11 is 10.00. The third-order valence-corrected chi connectivity index (χ3v) is 7.38. The number of piperazine rings is 1. The van der Waals surface area contributed by atoms with Crippen LogP contribution in [0.4, 0.5) is 10.5 Å². The summed E-state index contributed by atoms with van der Waals surface area (Å²) in [5, 5.41) is 3.54. The molecule has 1 aliphatic heterocycles. The number of nitrogens with one attached hydrogen (secondary N) is 1. The minimum Gasteiger partial charge on any atom is -0.335 e. The van der Waals surface area contributed by atoms with E-state index in [1.807, 2.05) is 101 Å². The van der Waals surface area contributed by atoms with Crippen molar-refractivity contribution in [3.8, 4) is 16.9 Å². The van der Waals surface area contributed by atoms with Crippen molar-refractivity contribution >= 4 is 45.2 Å². The number of nitrogens with zero attached hydrogens (tertiary/aromatic N) is 3. The summed E-state index contributed by atoms with van der Waals surface area (Å²) in [5.41, 5.74) is 4.91. The van der Waals surface area contributed by atoms with Gasteiger partial charge in [0.05, 0.1) is 22.0 Å². The predicted molar refractivity (Wildman–Crippen MR) is 152 cm³/mol. The standard InChI is InChI=1S/C29H26BrClN4O2/c1-20-24(19-27(21-8-3-2-4-9-21)35(20)26-13-6-5-12-25(26)31)28(36)33-14-16-34(17-15-33)29(37)32-23-11-7-10-22(30)18-23/h2-13,18-19H,14-17H2,1H3,(H,32,37). The zero-order valence-electron chi connectivity index (χ0n) is 20.3. The second kappa shape index (κ2) is 10.8. The number of anilines is 1. The lowest BCUT2D eigenvalue weighted by Gasteiger charge is -2.34. The molecule has 37 heavy (non-hydrogen) atoms. The van der Waals surface area contributed by atoms with E-state index in [-0.39, 0.29) is 11.9 Å². The monoisotopic (exact) mass is 576 g/mol. The molecule has 0 radical (unpaired) electrons. The van der Waals surface area contributed by atoms with Gasteiger partial charge in [0.25, 0.3) is 5.91 Å². The number of hydrogen-bond acceptors (Lipinski definition) is 2. The second-order valence-electron chi connectivity index (χ2n) is 8.90. The number of aromatic nitrogens is 1. The van der Waals surface area contributed by atoms with Gasteiger partial charge < -0.3 is 19.7 Å². The maximum atomic E-state index is 13.7. The Morgan fingerprint density at radius 1 is 0.838 bits per heavy atom. The number of rotatable bonds is 4. The molecule has 6 nitrogen and oxygen atoms in total.